The third-order valence-electron chi connectivity index (χ3n) is 2.43. The van der Waals surface area contributed by atoms with E-state index in [4.69, 9.17) is 5.73 Å². The molecule has 0 aliphatic carbocycles. The van der Waals surface area contributed by atoms with E-state index in [1.54, 1.807) is 13.8 Å². The maximum atomic E-state index is 13.2. The molecule has 0 bridgehead atoms. The summed E-state index contributed by atoms with van der Waals surface area (Å²) in [7, 11) is 0. The third kappa shape index (κ3) is 2.76. The minimum atomic E-state index is -1.07. The Labute approximate surface area is 92.6 Å². The van der Waals surface area contributed by atoms with Crippen LogP contribution < -0.4 is 11.1 Å². The fraction of sp³-hybridized carbons (Fsp3) is 0.364. The summed E-state index contributed by atoms with van der Waals surface area (Å²) >= 11 is 0. The van der Waals surface area contributed by atoms with Crippen LogP contribution in [0.15, 0.2) is 18.2 Å². The molecule has 0 aliphatic heterocycles. The number of rotatable bonds is 3. The molecule has 0 saturated carbocycles. The predicted octanol–water partition coefficient (Wildman–Crippen LogP) is 2.03. The van der Waals surface area contributed by atoms with E-state index >= 15 is 0 Å². The smallest absolute Gasteiger partial charge is 0.244 e. The van der Waals surface area contributed by atoms with Crippen LogP contribution in [0.3, 0.4) is 0 Å². The Morgan fingerprint density at radius 2 is 2.12 bits per heavy atom. The zero-order valence-corrected chi connectivity index (χ0v) is 9.18. The van der Waals surface area contributed by atoms with Gasteiger partial charge in [-0.15, -0.1) is 0 Å². The summed E-state index contributed by atoms with van der Waals surface area (Å²) in [6, 6.07) is 2.93. The van der Waals surface area contributed by atoms with Gasteiger partial charge in [-0.25, -0.2) is 8.78 Å². The molecule has 0 fully saturated rings. The summed E-state index contributed by atoms with van der Waals surface area (Å²) in [5.74, 6) is -2.01. The molecule has 1 atom stereocenters. The minimum Gasteiger partial charge on any atom is -0.322 e. The highest BCUT2D eigenvalue weighted by Crippen LogP contribution is 2.17. The van der Waals surface area contributed by atoms with Gasteiger partial charge < -0.3 is 11.1 Å². The molecule has 1 aromatic carbocycles. The van der Waals surface area contributed by atoms with Crippen LogP contribution >= 0.6 is 0 Å². The van der Waals surface area contributed by atoms with Crippen molar-refractivity contribution in [1.29, 1.82) is 0 Å². The first-order valence-electron chi connectivity index (χ1n) is 4.92. The molecule has 0 saturated heterocycles. The van der Waals surface area contributed by atoms with Crippen molar-refractivity contribution in [3.8, 4) is 0 Å². The van der Waals surface area contributed by atoms with Crippen LogP contribution in [-0.2, 0) is 4.79 Å². The SMILES string of the molecule is CCC(C)(N)C(=O)Nc1ccc(F)cc1F. The van der Waals surface area contributed by atoms with Crippen molar-refractivity contribution in [1.82, 2.24) is 0 Å². The molecule has 1 aromatic rings. The van der Waals surface area contributed by atoms with Crippen LogP contribution in [0.4, 0.5) is 14.5 Å². The molecule has 0 radical (unpaired) electrons. The Morgan fingerprint density at radius 1 is 1.50 bits per heavy atom. The van der Waals surface area contributed by atoms with Gasteiger partial charge in [0.25, 0.3) is 0 Å². The molecule has 0 aromatic heterocycles. The fourth-order valence-electron chi connectivity index (χ4n) is 1.02. The highest BCUT2D eigenvalue weighted by molar-refractivity contribution is 5.97. The number of benzene rings is 1. The summed E-state index contributed by atoms with van der Waals surface area (Å²) in [6.07, 6.45) is 0.418. The van der Waals surface area contributed by atoms with Crippen molar-refractivity contribution in [2.24, 2.45) is 5.73 Å². The molecule has 1 amide bonds. The number of nitrogens with one attached hydrogen (secondary N) is 1. The maximum absolute atomic E-state index is 13.2. The quantitative estimate of drug-likeness (QED) is 0.831. The number of carbonyl (C=O) groups is 1. The number of anilines is 1. The van der Waals surface area contributed by atoms with E-state index < -0.39 is 23.1 Å². The van der Waals surface area contributed by atoms with Gasteiger partial charge in [0.15, 0.2) is 0 Å². The van der Waals surface area contributed by atoms with Crippen molar-refractivity contribution < 1.29 is 13.6 Å². The Morgan fingerprint density at radius 3 is 2.62 bits per heavy atom. The van der Waals surface area contributed by atoms with Crippen molar-refractivity contribution in [3.05, 3.63) is 29.8 Å². The van der Waals surface area contributed by atoms with Crippen molar-refractivity contribution in [2.75, 3.05) is 5.32 Å². The van der Waals surface area contributed by atoms with Crippen molar-refractivity contribution in [3.63, 3.8) is 0 Å². The van der Waals surface area contributed by atoms with Gasteiger partial charge in [-0.3, -0.25) is 4.79 Å². The Bertz CT molecular complexity index is 405. The van der Waals surface area contributed by atoms with E-state index in [-0.39, 0.29) is 5.69 Å². The highest BCUT2D eigenvalue weighted by Gasteiger charge is 2.26. The summed E-state index contributed by atoms with van der Waals surface area (Å²) in [4.78, 5) is 11.6. The lowest BCUT2D eigenvalue weighted by molar-refractivity contribution is -0.120. The fourth-order valence-corrected chi connectivity index (χ4v) is 1.02. The molecule has 3 N–H and O–H groups in total. The van der Waals surface area contributed by atoms with Crippen LogP contribution in [0.1, 0.15) is 20.3 Å². The summed E-state index contributed by atoms with van der Waals surface area (Å²) in [5.41, 5.74) is 4.54. The summed E-state index contributed by atoms with van der Waals surface area (Å²) in [6.45, 7) is 3.30. The monoisotopic (exact) mass is 228 g/mol. The van der Waals surface area contributed by atoms with E-state index in [1.165, 1.54) is 0 Å². The molecule has 88 valence electrons. The zero-order chi connectivity index (χ0) is 12.3. The van der Waals surface area contributed by atoms with Crippen molar-refractivity contribution >= 4 is 11.6 Å². The van der Waals surface area contributed by atoms with Gasteiger partial charge in [-0.05, 0) is 25.5 Å². The molecule has 16 heavy (non-hydrogen) atoms. The number of amides is 1. The molecule has 3 nitrogen and oxygen atoms in total. The van der Waals surface area contributed by atoms with E-state index in [2.05, 4.69) is 5.32 Å². The highest BCUT2D eigenvalue weighted by atomic mass is 19.1. The second kappa shape index (κ2) is 4.57. The molecule has 1 rings (SSSR count). The largest absolute Gasteiger partial charge is 0.322 e. The van der Waals surface area contributed by atoms with Gasteiger partial charge in [0.05, 0.1) is 11.2 Å². The molecule has 0 heterocycles. The van der Waals surface area contributed by atoms with Crippen LogP contribution in [0, 0.1) is 11.6 Å². The molecular formula is C11H14F2N2O. The lowest BCUT2D eigenvalue weighted by Crippen LogP contribution is -2.47. The Kier molecular flexibility index (Phi) is 3.59. The van der Waals surface area contributed by atoms with Gasteiger partial charge in [0, 0.05) is 6.07 Å². The van der Waals surface area contributed by atoms with Gasteiger partial charge >= 0.3 is 0 Å². The van der Waals surface area contributed by atoms with Crippen LogP contribution in [-0.4, -0.2) is 11.4 Å². The van der Waals surface area contributed by atoms with E-state index in [0.29, 0.717) is 12.5 Å². The first-order chi connectivity index (χ1) is 7.36. The average molecular weight is 228 g/mol. The Hall–Kier alpha value is -1.49. The number of hydrogen-bond acceptors (Lipinski definition) is 2. The number of halogens is 2. The number of nitrogens with two attached hydrogens (primary N) is 1. The minimum absolute atomic E-state index is 0.0727. The average Bonchev–Trinajstić information content (AvgIpc) is 2.22. The van der Waals surface area contributed by atoms with Crippen LogP contribution in [0.5, 0.6) is 0 Å². The second-order valence-corrected chi connectivity index (χ2v) is 3.85. The summed E-state index contributed by atoms with van der Waals surface area (Å²) in [5, 5.41) is 2.32. The molecular weight excluding hydrogens is 214 g/mol. The van der Waals surface area contributed by atoms with E-state index in [1.807, 2.05) is 0 Å². The standard InChI is InChI=1S/C11H14F2N2O/c1-3-11(2,14)10(16)15-9-5-4-7(12)6-8(9)13/h4-6H,3,14H2,1-2H3,(H,15,16). The molecule has 1 unspecified atom stereocenters. The van der Waals surface area contributed by atoms with Crippen LogP contribution in [0.2, 0.25) is 0 Å². The van der Waals surface area contributed by atoms with E-state index in [9.17, 15) is 13.6 Å². The lowest BCUT2D eigenvalue weighted by atomic mass is 9.99. The Balaban J connectivity index is 2.85. The normalized spacial score (nSPS) is 14.3. The number of hydrogen-bond donors (Lipinski definition) is 2. The topological polar surface area (TPSA) is 55.1 Å². The maximum Gasteiger partial charge on any atom is 0.244 e. The van der Waals surface area contributed by atoms with Crippen molar-refractivity contribution in [2.45, 2.75) is 25.8 Å². The summed E-state index contributed by atoms with van der Waals surface area (Å²) < 4.78 is 25.8. The second-order valence-electron chi connectivity index (χ2n) is 3.85. The first kappa shape index (κ1) is 12.6. The van der Waals surface area contributed by atoms with E-state index in [0.717, 1.165) is 12.1 Å². The molecule has 0 aliphatic rings. The van der Waals surface area contributed by atoms with Gasteiger partial charge in [0.1, 0.15) is 11.6 Å². The van der Waals surface area contributed by atoms with Gasteiger partial charge in [-0.2, -0.15) is 0 Å². The molecule has 5 heteroatoms. The zero-order valence-electron chi connectivity index (χ0n) is 9.18. The number of carbonyl (C=O) groups excluding carboxylic acids is 1. The van der Waals surface area contributed by atoms with Gasteiger partial charge in [-0.1, -0.05) is 6.92 Å². The first-order valence-corrected chi connectivity index (χ1v) is 4.92. The van der Waals surface area contributed by atoms with Crippen LogP contribution in [0.25, 0.3) is 0 Å². The lowest BCUT2D eigenvalue weighted by Gasteiger charge is -2.21. The third-order valence-corrected chi connectivity index (χ3v) is 2.43. The van der Waals surface area contributed by atoms with Gasteiger partial charge in [0.2, 0.25) is 5.91 Å². The molecule has 0 spiro atoms. The predicted molar refractivity (Wildman–Crippen MR) is 57.9 cm³/mol.